The fourth-order valence-corrected chi connectivity index (χ4v) is 1.68. The van der Waals surface area contributed by atoms with E-state index in [2.05, 4.69) is 5.32 Å². The molecule has 0 bridgehead atoms. The van der Waals surface area contributed by atoms with Crippen LogP contribution >= 0.6 is 0 Å². The van der Waals surface area contributed by atoms with E-state index in [0.717, 1.165) is 5.56 Å². The van der Waals surface area contributed by atoms with E-state index < -0.39 is 5.97 Å². The molecule has 1 aromatic rings. The highest BCUT2D eigenvalue weighted by atomic mass is 16.5. The number of methoxy groups -OCH3 is 1. The quantitative estimate of drug-likeness (QED) is 0.793. The van der Waals surface area contributed by atoms with Crippen LogP contribution in [0.4, 0.5) is 5.69 Å². The molecule has 0 spiro atoms. The molecule has 0 radical (unpaired) electrons. The third-order valence-corrected chi connectivity index (χ3v) is 2.89. The smallest absolute Gasteiger partial charge is 0.339 e. The molecule has 19 heavy (non-hydrogen) atoms. The molecule has 1 rings (SSSR count). The molecule has 0 aliphatic rings. The van der Waals surface area contributed by atoms with Crippen molar-refractivity contribution < 1.29 is 14.3 Å². The number of nitrogens with two attached hydrogens (primary N) is 1. The zero-order chi connectivity index (χ0) is 14.4. The van der Waals surface area contributed by atoms with Crippen molar-refractivity contribution in [2.45, 2.75) is 20.3 Å². The summed E-state index contributed by atoms with van der Waals surface area (Å²) < 4.78 is 4.71. The standard InChI is InChI=1S/C14H20N2O3/c1-9-4-5-12(11(8-9)14(18)19-3)16-13(17)10(2)6-7-15/h4-5,8,10H,6-7,15H2,1-3H3,(H,16,17). The van der Waals surface area contributed by atoms with E-state index >= 15 is 0 Å². The SMILES string of the molecule is COC(=O)c1cc(C)ccc1NC(=O)C(C)CCN. The molecule has 0 aromatic heterocycles. The normalized spacial score (nSPS) is 11.8. The minimum atomic E-state index is -0.467. The number of aryl methyl sites for hydroxylation is 1. The number of ether oxygens (including phenoxy) is 1. The molecule has 0 fully saturated rings. The zero-order valence-corrected chi connectivity index (χ0v) is 11.5. The van der Waals surface area contributed by atoms with Gasteiger partial charge in [0, 0.05) is 5.92 Å². The van der Waals surface area contributed by atoms with E-state index in [1.165, 1.54) is 7.11 Å². The van der Waals surface area contributed by atoms with E-state index in [1.54, 1.807) is 19.1 Å². The number of anilines is 1. The number of esters is 1. The van der Waals surface area contributed by atoms with Gasteiger partial charge in [0.05, 0.1) is 18.4 Å². The molecular formula is C14H20N2O3. The van der Waals surface area contributed by atoms with Crippen LogP contribution in [-0.4, -0.2) is 25.5 Å². The number of hydrogen-bond donors (Lipinski definition) is 2. The Morgan fingerprint density at radius 3 is 2.68 bits per heavy atom. The van der Waals surface area contributed by atoms with Crippen molar-refractivity contribution in [3.05, 3.63) is 29.3 Å². The first kappa shape index (κ1) is 15.2. The van der Waals surface area contributed by atoms with Crippen LogP contribution in [0.25, 0.3) is 0 Å². The van der Waals surface area contributed by atoms with Crippen molar-refractivity contribution >= 4 is 17.6 Å². The molecule has 0 heterocycles. The van der Waals surface area contributed by atoms with Crippen molar-refractivity contribution in [1.82, 2.24) is 0 Å². The minimum absolute atomic E-state index is 0.153. The summed E-state index contributed by atoms with van der Waals surface area (Å²) in [4.78, 5) is 23.6. The molecule has 1 unspecified atom stereocenters. The second-order valence-corrected chi connectivity index (χ2v) is 4.51. The van der Waals surface area contributed by atoms with Gasteiger partial charge in [-0.3, -0.25) is 4.79 Å². The average molecular weight is 264 g/mol. The van der Waals surface area contributed by atoms with E-state index in [1.807, 2.05) is 13.0 Å². The summed E-state index contributed by atoms with van der Waals surface area (Å²) in [7, 11) is 1.31. The lowest BCUT2D eigenvalue weighted by Crippen LogP contribution is -2.24. The summed E-state index contributed by atoms with van der Waals surface area (Å²) in [6, 6.07) is 5.22. The lowest BCUT2D eigenvalue weighted by molar-refractivity contribution is -0.119. The Labute approximate surface area is 113 Å². The number of carbonyl (C=O) groups is 2. The Morgan fingerprint density at radius 2 is 2.11 bits per heavy atom. The molecule has 0 aliphatic carbocycles. The molecule has 0 saturated carbocycles. The van der Waals surface area contributed by atoms with Crippen LogP contribution < -0.4 is 11.1 Å². The number of carbonyl (C=O) groups excluding carboxylic acids is 2. The van der Waals surface area contributed by atoms with Crippen molar-refractivity contribution in [1.29, 1.82) is 0 Å². The van der Waals surface area contributed by atoms with E-state index in [4.69, 9.17) is 10.5 Å². The van der Waals surface area contributed by atoms with Gasteiger partial charge in [-0.1, -0.05) is 18.6 Å². The first-order valence-electron chi connectivity index (χ1n) is 6.19. The average Bonchev–Trinajstić information content (AvgIpc) is 2.40. The molecule has 104 valence electrons. The fourth-order valence-electron chi connectivity index (χ4n) is 1.68. The van der Waals surface area contributed by atoms with E-state index in [9.17, 15) is 9.59 Å². The molecule has 5 nitrogen and oxygen atoms in total. The highest BCUT2D eigenvalue weighted by Crippen LogP contribution is 2.19. The molecule has 1 atom stereocenters. The molecule has 5 heteroatoms. The number of amides is 1. The number of nitrogens with one attached hydrogen (secondary N) is 1. The first-order valence-corrected chi connectivity index (χ1v) is 6.19. The molecule has 0 saturated heterocycles. The summed E-state index contributed by atoms with van der Waals surface area (Å²) in [5, 5.41) is 2.74. The maximum absolute atomic E-state index is 11.9. The number of hydrogen-bond acceptors (Lipinski definition) is 4. The topological polar surface area (TPSA) is 81.4 Å². The van der Waals surface area contributed by atoms with Gasteiger partial charge in [0.25, 0.3) is 0 Å². The van der Waals surface area contributed by atoms with Gasteiger partial charge in [0.15, 0.2) is 0 Å². The molecule has 1 aromatic carbocycles. The molecule has 1 amide bonds. The summed E-state index contributed by atoms with van der Waals surface area (Å²) in [6.45, 7) is 4.12. The Hall–Kier alpha value is -1.88. The van der Waals surface area contributed by atoms with Crippen LogP contribution in [-0.2, 0) is 9.53 Å². The predicted octanol–water partition coefficient (Wildman–Crippen LogP) is 1.71. The third-order valence-electron chi connectivity index (χ3n) is 2.89. The number of rotatable bonds is 5. The summed E-state index contributed by atoms with van der Waals surface area (Å²) in [5.41, 5.74) is 7.17. The maximum Gasteiger partial charge on any atom is 0.339 e. The Balaban J connectivity index is 2.94. The Morgan fingerprint density at radius 1 is 1.42 bits per heavy atom. The Bertz CT molecular complexity index is 472. The zero-order valence-electron chi connectivity index (χ0n) is 11.5. The van der Waals surface area contributed by atoms with Crippen LogP contribution in [0, 0.1) is 12.8 Å². The lowest BCUT2D eigenvalue weighted by Gasteiger charge is -2.14. The highest BCUT2D eigenvalue weighted by molar-refractivity contribution is 6.01. The van der Waals surface area contributed by atoms with E-state index in [-0.39, 0.29) is 11.8 Å². The van der Waals surface area contributed by atoms with Crippen LogP contribution in [0.15, 0.2) is 18.2 Å². The summed E-state index contributed by atoms with van der Waals surface area (Å²) in [5.74, 6) is -0.818. The largest absolute Gasteiger partial charge is 0.465 e. The van der Waals surface area contributed by atoms with Gasteiger partial charge in [-0.2, -0.15) is 0 Å². The predicted molar refractivity (Wildman–Crippen MR) is 74.0 cm³/mol. The molecule has 3 N–H and O–H groups in total. The third kappa shape index (κ3) is 4.06. The van der Waals surface area contributed by atoms with Crippen molar-refractivity contribution in [2.24, 2.45) is 11.7 Å². The molecular weight excluding hydrogens is 244 g/mol. The van der Waals surface area contributed by atoms with Crippen LogP contribution in [0.2, 0.25) is 0 Å². The summed E-state index contributed by atoms with van der Waals surface area (Å²) in [6.07, 6.45) is 0.602. The van der Waals surface area contributed by atoms with Gasteiger partial charge in [0.1, 0.15) is 0 Å². The van der Waals surface area contributed by atoms with Crippen molar-refractivity contribution in [2.75, 3.05) is 19.0 Å². The number of benzene rings is 1. The first-order chi connectivity index (χ1) is 8.99. The minimum Gasteiger partial charge on any atom is -0.465 e. The Kier molecular flexibility index (Phi) is 5.51. The maximum atomic E-state index is 11.9. The van der Waals surface area contributed by atoms with Gasteiger partial charge in [-0.15, -0.1) is 0 Å². The second-order valence-electron chi connectivity index (χ2n) is 4.51. The van der Waals surface area contributed by atoms with Gasteiger partial charge in [-0.05, 0) is 32.0 Å². The fraction of sp³-hybridized carbons (Fsp3) is 0.429. The van der Waals surface area contributed by atoms with Gasteiger partial charge in [0.2, 0.25) is 5.91 Å². The van der Waals surface area contributed by atoms with E-state index in [0.29, 0.717) is 24.2 Å². The van der Waals surface area contributed by atoms with Gasteiger partial charge >= 0.3 is 5.97 Å². The monoisotopic (exact) mass is 264 g/mol. The van der Waals surface area contributed by atoms with Crippen LogP contribution in [0.3, 0.4) is 0 Å². The van der Waals surface area contributed by atoms with Gasteiger partial charge in [-0.25, -0.2) is 4.79 Å². The van der Waals surface area contributed by atoms with Crippen molar-refractivity contribution in [3.63, 3.8) is 0 Å². The summed E-state index contributed by atoms with van der Waals surface area (Å²) >= 11 is 0. The van der Waals surface area contributed by atoms with Crippen LogP contribution in [0.1, 0.15) is 29.3 Å². The van der Waals surface area contributed by atoms with Crippen LogP contribution in [0.5, 0.6) is 0 Å². The lowest BCUT2D eigenvalue weighted by atomic mass is 10.1. The van der Waals surface area contributed by atoms with Gasteiger partial charge < -0.3 is 15.8 Å². The second kappa shape index (κ2) is 6.89. The van der Waals surface area contributed by atoms with Crippen molar-refractivity contribution in [3.8, 4) is 0 Å². The molecule has 0 aliphatic heterocycles. The highest BCUT2D eigenvalue weighted by Gasteiger charge is 2.17.